The zero-order valence-electron chi connectivity index (χ0n) is 11.9. The molecule has 2 rings (SSSR count). The molecular weight excluding hydrogens is 238 g/mol. The fourth-order valence-electron chi connectivity index (χ4n) is 2.53. The van der Waals surface area contributed by atoms with Crippen LogP contribution >= 0.6 is 0 Å². The van der Waals surface area contributed by atoms with Gasteiger partial charge in [-0.2, -0.15) is 5.26 Å². The molecule has 0 saturated carbocycles. The second-order valence-corrected chi connectivity index (χ2v) is 5.51. The largest absolute Gasteiger partial charge is 0.377 e. The van der Waals surface area contributed by atoms with E-state index in [9.17, 15) is 5.26 Å². The molecule has 1 saturated heterocycles. The Labute approximate surface area is 115 Å². The number of nitrogens with zero attached hydrogens (tertiary/aromatic N) is 2. The van der Waals surface area contributed by atoms with Crippen molar-refractivity contribution in [2.45, 2.75) is 25.9 Å². The number of anilines is 1. The molecule has 1 aliphatic rings. The van der Waals surface area contributed by atoms with E-state index in [1.54, 1.807) is 0 Å². The highest BCUT2D eigenvalue weighted by Gasteiger charge is 2.31. The lowest BCUT2D eigenvalue weighted by Crippen LogP contribution is -2.53. The van der Waals surface area contributed by atoms with Gasteiger partial charge in [-0.25, -0.2) is 0 Å². The van der Waals surface area contributed by atoms with Gasteiger partial charge in [0.25, 0.3) is 0 Å². The topological polar surface area (TPSA) is 48.3 Å². The summed E-state index contributed by atoms with van der Waals surface area (Å²) in [6.45, 7) is 7.31. The number of rotatable bonds is 3. The van der Waals surface area contributed by atoms with Crippen molar-refractivity contribution in [1.29, 1.82) is 5.26 Å². The number of nitriles is 1. The Morgan fingerprint density at radius 1 is 1.47 bits per heavy atom. The predicted molar refractivity (Wildman–Crippen MR) is 76.2 cm³/mol. The van der Waals surface area contributed by atoms with E-state index < -0.39 is 0 Å². The van der Waals surface area contributed by atoms with E-state index in [-0.39, 0.29) is 5.54 Å². The minimum absolute atomic E-state index is 0.0750. The first kappa shape index (κ1) is 13.9. The summed E-state index contributed by atoms with van der Waals surface area (Å²) in [6.07, 6.45) is 0. The van der Waals surface area contributed by atoms with Gasteiger partial charge in [-0.3, -0.25) is 0 Å². The fourth-order valence-corrected chi connectivity index (χ4v) is 2.53. The van der Waals surface area contributed by atoms with Crippen LogP contribution in [0.4, 0.5) is 5.69 Å². The molecule has 102 valence electrons. The van der Waals surface area contributed by atoms with Crippen molar-refractivity contribution >= 4 is 5.69 Å². The Balaban J connectivity index is 2.36. The van der Waals surface area contributed by atoms with E-state index in [0.29, 0.717) is 13.2 Å². The number of ether oxygens (including phenoxy) is 1. The summed E-state index contributed by atoms with van der Waals surface area (Å²) >= 11 is 0. The predicted octanol–water partition coefficient (Wildman–Crippen LogP) is 1.89. The van der Waals surface area contributed by atoms with E-state index in [1.807, 2.05) is 13.1 Å². The van der Waals surface area contributed by atoms with Gasteiger partial charge in [-0.05, 0) is 38.6 Å². The molecular formula is C15H21N3O. The zero-order chi connectivity index (χ0) is 13.9. The number of benzene rings is 1. The minimum atomic E-state index is -0.0750. The molecule has 0 radical (unpaired) electrons. The third-order valence-electron chi connectivity index (χ3n) is 3.50. The molecule has 4 nitrogen and oxygen atoms in total. The molecule has 0 amide bonds. The summed E-state index contributed by atoms with van der Waals surface area (Å²) < 4.78 is 5.54. The Bertz CT molecular complexity index is 491. The van der Waals surface area contributed by atoms with Crippen molar-refractivity contribution < 1.29 is 4.74 Å². The van der Waals surface area contributed by atoms with Crippen LogP contribution in [-0.2, 0) is 11.3 Å². The maximum atomic E-state index is 9.38. The van der Waals surface area contributed by atoms with Crippen LogP contribution in [0.2, 0.25) is 0 Å². The Morgan fingerprint density at radius 2 is 2.26 bits per heavy atom. The molecule has 0 unspecified atom stereocenters. The lowest BCUT2D eigenvalue weighted by atomic mass is 9.99. The van der Waals surface area contributed by atoms with Crippen LogP contribution in [0.1, 0.15) is 25.0 Å². The average Bonchev–Trinajstić information content (AvgIpc) is 2.39. The Kier molecular flexibility index (Phi) is 4.08. The van der Waals surface area contributed by atoms with E-state index in [4.69, 9.17) is 4.74 Å². The van der Waals surface area contributed by atoms with Crippen molar-refractivity contribution in [3.05, 3.63) is 29.3 Å². The molecule has 19 heavy (non-hydrogen) atoms. The van der Waals surface area contributed by atoms with Gasteiger partial charge in [0.1, 0.15) is 6.07 Å². The Morgan fingerprint density at radius 3 is 2.89 bits per heavy atom. The number of morpholine rings is 1. The van der Waals surface area contributed by atoms with Gasteiger partial charge in [0.15, 0.2) is 0 Å². The summed E-state index contributed by atoms with van der Waals surface area (Å²) in [7, 11) is 1.91. The van der Waals surface area contributed by atoms with Crippen molar-refractivity contribution in [3.8, 4) is 6.07 Å². The summed E-state index contributed by atoms with van der Waals surface area (Å²) in [4.78, 5) is 2.28. The summed E-state index contributed by atoms with van der Waals surface area (Å²) in [5.74, 6) is 0. The fraction of sp³-hybridized carbons (Fsp3) is 0.533. The van der Waals surface area contributed by atoms with Gasteiger partial charge in [-0.1, -0.05) is 6.07 Å². The highest BCUT2D eigenvalue weighted by Crippen LogP contribution is 2.30. The van der Waals surface area contributed by atoms with Crippen LogP contribution in [0.25, 0.3) is 0 Å². The maximum absolute atomic E-state index is 9.38. The standard InChI is InChI=1S/C15H21N3O/c1-15(2)11-19-7-6-18(15)14-5-4-12(10-17-3)8-13(14)9-16/h4-5,8,17H,6-7,10-11H2,1-3H3. The molecule has 4 heteroatoms. The maximum Gasteiger partial charge on any atom is 0.101 e. The van der Waals surface area contributed by atoms with Gasteiger partial charge in [0.05, 0.1) is 30.0 Å². The monoisotopic (exact) mass is 259 g/mol. The molecule has 1 aromatic carbocycles. The van der Waals surface area contributed by atoms with Gasteiger partial charge in [-0.15, -0.1) is 0 Å². The third kappa shape index (κ3) is 2.89. The van der Waals surface area contributed by atoms with E-state index >= 15 is 0 Å². The molecule has 1 N–H and O–H groups in total. The number of hydrogen-bond acceptors (Lipinski definition) is 4. The SMILES string of the molecule is CNCc1ccc(N2CCOCC2(C)C)c(C#N)c1. The summed E-state index contributed by atoms with van der Waals surface area (Å²) in [6, 6.07) is 8.42. The quantitative estimate of drug-likeness (QED) is 0.900. The molecule has 0 bridgehead atoms. The van der Waals surface area contributed by atoms with Crippen LogP contribution in [0.5, 0.6) is 0 Å². The summed E-state index contributed by atoms with van der Waals surface area (Å²) in [5, 5.41) is 12.5. The molecule has 0 atom stereocenters. The van der Waals surface area contributed by atoms with Gasteiger partial charge < -0.3 is 15.0 Å². The first-order valence-corrected chi connectivity index (χ1v) is 6.61. The molecule has 1 fully saturated rings. The normalized spacial score (nSPS) is 18.1. The van der Waals surface area contributed by atoms with Gasteiger partial charge in [0.2, 0.25) is 0 Å². The average molecular weight is 259 g/mol. The number of hydrogen-bond donors (Lipinski definition) is 1. The van der Waals surface area contributed by atoms with Crippen LogP contribution in [-0.4, -0.2) is 32.3 Å². The van der Waals surface area contributed by atoms with E-state index in [1.165, 1.54) is 0 Å². The molecule has 0 aliphatic carbocycles. The van der Waals surface area contributed by atoms with E-state index in [0.717, 1.165) is 29.9 Å². The van der Waals surface area contributed by atoms with Crippen LogP contribution in [0.15, 0.2) is 18.2 Å². The first-order chi connectivity index (χ1) is 9.08. The van der Waals surface area contributed by atoms with Crippen molar-refractivity contribution in [3.63, 3.8) is 0 Å². The second-order valence-electron chi connectivity index (χ2n) is 5.51. The second kappa shape index (κ2) is 5.60. The molecule has 0 spiro atoms. The molecule has 1 aromatic rings. The number of nitrogens with one attached hydrogen (secondary N) is 1. The van der Waals surface area contributed by atoms with Crippen LogP contribution < -0.4 is 10.2 Å². The first-order valence-electron chi connectivity index (χ1n) is 6.61. The van der Waals surface area contributed by atoms with Crippen LogP contribution in [0, 0.1) is 11.3 Å². The van der Waals surface area contributed by atoms with E-state index in [2.05, 4.69) is 42.3 Å². The summed E-state index contributed by atoms with van der Waals surface area (Å²) in [5.41, 5.74) is 2.81. The Hall–Kier alpha value is -1.57. The molecule has 1 aliphatic heterocycles. The van der Waals surface area contributed by atoms with Crippen molar-refractivity contribution in [2.75, 3.05) is 31.7 Å². The highest BCUT2D eigenvalue weighted by atomic mass is 16.5. The van der Waals surface area contributed by atoms with Gasteiger partial charge in [0, 0.05) is 13.1 Å². The minimum Gasteiger partial charge on any atom is -0.377 e. The highest BCUT2D eigenvalue weighted by molar-refractivity contribution is 5.62. The smallest absolute Gasteiger partial charge is 0.101 e. The van der Waals surface area contributed by atoms with Crippen molar-refractivity contribution in [1.82, 2.24) is 5.32 Å². The molecule has 1 heterocycles. The van der Waals surface area contributed by atoms with Crippen LogP contribution in [0.3, 0.4) is 0 Å². The zero-order valence-corrected chi connectivity index (χ0v) is 11.9. The lowest BCUT2D eigenvalue weighted by molar-refractivity contribution is 0.0644. The molecule has 0 aromatic heterocycles. The third-order valence-corrected chi connectivity index (χ3v) is 3.50. The lowest BCUT2D eigenvalue weighted by Gasteiger charge is -2.44. The van der Waals surface area contributed by atoms with Gasteiger partial charge >= 0.3 is 0 Å². The van der Waals surface area contributed by atoms with Crippen molar-refractivity contribution in [2.24, 2.45) is 0 Å².